The number of carbonyl (C=O) groups excluding carboxylic acids is 1. The van der Waals surface area contributed by atoms with Gasteiger partial charge in [0.05, 0.1) is 11.4 Å². The highest BCUT2D eigenvalue weighted by Gasteiger charge is 2.13. The van der Waals surface area contributed by atoms with E-state index in [1.54, 1.807) is 18.7 Å². The summed E-state index contributed by atoms with van der Waals surface area (Å²) in [6.45, 7) is 3.76. The van der Waals surface area contributed by atoms with Crippen molar-refractivity contribution in [2.24, 2.45) is 5.73 Å². The number of hydrogen-bond acceptors (Lipinski definition) is 5. The minimum Gasteiger partial charge on any atom is -0.383 e. The van der Waals surface area contributed by atoms with Crippen LogP contribution in [-0.2, 0) is 5.75 Å². The lowest BCUT2D eigenvalue weighted by Gasteiger charge is -2.06. The third kappa shape index (κ3) is 2.82. The van der Waals surface area contributed by atoms with Gasteiger partial charge in [-0.1, -0.05) is 6.92 Å². The fraction of sp³-hybridized carbons (Fsp3) is 0.444. The summed E-state index contributed by atoms with van der Waals surface area (Å²) in [5.41, 5.74) is 11.6. The number of thioether (sulfide) groups is 1. The molecule has 1 rings (SSSR count). The number of rotatable bonds is 4. The van der Waals surface area contributed by atoms with Crippen LogP contribution >= 0.6 is 11.8 Å². The molecule has 0 saturated heterocycles. The fourth-order valence-corrected chi connectivity index (χ4v) is 1.73. The predicted octanol–water partition coefficient (Wildman–Crippen LogP) is 0.719. The Labute approximate surface area is 92.7 Å². The molecule has 6 heteroatoms. The minimum absolute atomic E-state index is 0.168. The number of primary amides is 1. The fourth-order valence-electron chi connectivity index (χ4n) is 1.22. The average molecular weight is 226 g/mol. The second-order valence-electron chi connectivity index (χ2n) is 2.99. The summed E-state index contributed by atoms with van der Waals surface area (Å²) >= 11 is 1.70. The SMILES string of the molecule is CCSCc1nc(C)c(C(N)=O)c(N)n1. The molecule has 15 heavy (non-hydrogen) atoms. The zero-order chi connectivity index (χ0) is 11.4. The van der Waals surface area contributed by atoms with Crippen LogP contribution in [0.15, 0.2) is 0 Å². The minimum atomic E-state index is -0.584. The van der Waals surface area contributed by atoms with Gasteiger partial charge >= 0.3 is 0 Å². The number of amides is 1. The first-order chi connectivity index (χ1) is 7.06. The van der Waals surface area contributed by atoms with Crippen LogP contribution in [0.2, 0.25) is 0 Å². The molecule has 0 aliphatic heterocycles. The highest BCUT2D eigenvalue weighted by molar-refractivity contribution is 7.98. The van der Waals surface area contributed by atoms with Gasteiger partial charge in [-0.15, -0.1) is 0 Å². The summed E-state index contributed by atoms with van der Waals surface area (Å²) in [6, 6.07) is 0. The van der Waals surface area contributed by atoms with Gasteiger partial charge in [0, 0.05) is 0 Å². The Bertz CT molecular complexity index is 357. The molecule has 1 heterocycles. The van der Waals surface area contributed by atoms with Crippen molar-refractivity contribution < 1.29 is 4.79 Å². The van der Waals surface area contributed by atoms with Gasteiger partial charge in [-0.05, 0) is 12.7 Å². The van der Waals surface area contributed by atoms with E-state index < -0.39 is 5.91 Å². The first-order valence-corrected chi connectivity index (χ1v) is 5.72. The maximum atomic E-state index is 11.0. The number of nitrogens with two attached hydrogens (primary N) is 2. The standard InChI is InChI=1S/C9H14N4OS/c1-3-15-4-6-12-5(2)7(9(11)14)8(10)13-6/h3-4H2,1-2H3,(H2,11,14)(H2,10,12,13). The van der Waals surface area contributed by atoms with Gasteiger partial charge in [-0.25, -0.2) is 9.97 Å². The Morgan fingerprint density at radius 2 is 2.13 bits per heavy atom. The van der Waals surface area contributed by atoms with Crippen LogP contribution in [0.25, 0.3) is 0 Å². The highest BCUT2D eigenvalue weighted by Crippen LogP contribution is 2.15. The number of anilines is 1. The maximum absolute atomic E-state index is 11.0. The quantitative estimate of drug-likeness (QED) is 0.788. The van der Waals surface area contributed by atoms with Crippen molar-refractivity contribution in [1.82, 2.24) is 9.97 Å². The number of hydrogen-bond donors (Lipinski definition) is 2. The largest absolute Gasteiger partial charge is 0.383 e. The molecule has 0 aliphatic rings. The molecule has 4 N–H and O–H groups in total. The lowest BCUT2D eigenvalue weighted by atomic mass is 10.2. The van der Waals surface area contributed by atoms with Crippen molar-refractivity contribution in [1.29, 1.82) is 0 Å². The van der Waals surface area contributed by atoms with Gasteiger partial charge in [0.1, 0.15) is 17.2 Å². The molecule has 1 amide bonds. The molecule has 0 radical (unpaired) electrons. The number of carbonyl (C=O) groups is 1. The predicted molar refractivity (Wildman–Crippen MR) is 61.5 cm³/mol. The normalized spacial score (nSPS) is 10.3. The summed E-state index contributed by atoms with van der Waals surface area (Å²) < 4.78 is 0. The first-order valence-electron chi connectivity index (χ1n) is 4.56. The molecular weight excluding hydrogens is 212 g/mol. The number of nitrogen functional groups attached to an aromatic ring is 1. The summed E-state index contributed by atoms with van der Waals surface area (Å²) in [6.07, 6.45) is 0. The monoisotopic (exact) mass is 226 g/mol. The molecule has 0 spiro atoms. The lowest BCUT2D eigenvalue weighted by molar-refractivity contribution is 0.1000. The molecule has 5 nitrogen and oxygen atoms in total. The Kier molecular flexibility index (Phi) is 3.90. The highest BCUT2D eigenvalue weighted by atomic mass is 32.2. The van der Waals surface area contributed by atoms with E-state index in [0.29, 0.717) is 17.3 Å². The Morgan fingerprint density at radius 3 is 2.60 bits per heavy atom. The Hall–Kier alpha value is -1.30. The van der Waals surface area contributed by atoms with Gasteiger partial charge < -0.3 is 11.5 Å². The van der Waals surface area contributed by atoms with Gasteiger partial charge in [0.15, 0.2) is 0 Å². The van der Waals surface area contributed by atoms with Crippen molar-refractivity contribution in [3.63, 3.8) is 0 Å². The molecule has 0 unspecified atom stereocenters. The molecule has 0 saturated carbocycles. The number of aromatic nitrogens is 2. The second-order valence-corrected chi connectivity index (χ2v) is 4.26. The summed E-state index contributed by atoms with van der Waals surface area (Å²) in [7, 11) is 0. The first kappa shape index (κ1) is 11.8. The van der Waals surface area contributed by atoms with Gasteiger partial charge in [0.2, 0.25) is 0 Å². The Morgan fingerprint density at radius 1 is 1.47 bits per heavy atom. The van der Waals surface area contributed by atoms with Crippen LogP contribution in [-0.4, -0.2) is 21.6 Å². The third-order valence-corrected chi connectivity index (χ3v) is 2.72. The number of aryl methyl sites for hydroxylation is 1. The molecule has 0 bridgehead atoms. The van der Waals surface area contributed by atoms with E-state index in [0.717, 1.165) is 5.75 Å². The Balaban J connectivity index is 3.03. The summed E-state index contributed by atoms with van der Waals surface area (Å²) in [5, 5.41) is 0. The van der Waals surface area contributed by atoms with E-state index in [-0.39, 0.29) is 11.4 Å². The van der Waals surface area contributed by atoms with Crippen LogP contribution in [0.1, 0.15) is 28.8 Å². The smallest absolute Gasteiger partial charge is 0.254 e. The van der Waals surface area contributed by atoms with Gasteiger partial charge in [0.25, 0.3) is 5.91 Å². The molecule has 0 aromatic carbocycles. The maximum Gasteiger partial charge on any atom is 0.254 e. The molecule has 0 aliphatic carbocycles. The summed E-state index contributed by atoms with van der Waals surface area (Å²) in [4.78, 5) is 19.2. The lowest BCUT2D eigenvalue weighted by Crippen LogP contribution is -2.18. The zero-order valence-corrected chi connectivity index (χ0v) is 9.60. The van der Waals surface area contributed by atoms with Crippen molar-refractivity contribution >= 4 is 23.5 Å². The molecule has 82 valence electrons. The molecule has 0 atom stereocenters. The van der Waals surface area contributed by atoms with Gasteiger partial charge in [-0.2, -0.15) is 11.8 Å². The number of nitrogens with zero attached hydrogens (tertiary/aromatic N) is 2. The van der Waals surface area contributed by atoms with E-state index in [1.165, 1.54) is 0 Å². The van der Waals surface area contributed by atoms with Crippen LogP contribution in [0, 0.1) is 6.92 Å². The van der Waals surface area contributed by atoms with Crippen molar-refractivity contribution in [3.05, 3.63) is 17.1 Å². The van der Waals surface area contributed by atoms with Crippen LogP contribution in [0.5, 0.6) is 0 Å². The van der Waals surface area contributed by atoms with E-state index in [2.05, 4.69) is 16.9 Å². The van der Waals surface area contributed by atoms with Crippen LogP contribution < -0.4 is 11.5 Å². The van der Waals surface area contributed by atoms with E-state index in [1.807, 2.05) is 0 Å². The topological polar surface area (TPSA) is 94.9 Å². The third-order valence-electron chi connectivity index (χ3n) is 1.85. The molecule has 0 fully saturated rings. The van der Waals surface area contributed by atoms with Crippen LogP contribution in [0.3, 0.4) is 0 Å². The van der Waals surface area contributed by atoms with Crippen molar-refractivity contribution in [2.45, 2.75) is 19.6 Å². The second kappa shape index (κ2) is 4.97. The zero-order valence-electron chi connectivity index (χ0n) is 8.78. The van der Waals surface area contributed by atoms with Crippen molar-refractivity contribution in [2.75, 3.05) is 11.5 Å². The summed E-state index contributed by atoms with van der Waals surface area (Å²) in [5.74, 6) is 1.91. The molecular formula is C9H14N4OS. The molecule has 1 aromatic rings. The van der Waals surface area contributed by atoms with Crippen molar-refractivity contribution in [3.8, 4) is 0 Å². The molecule has 1 aromatic heterocycles. The van der Waals surface area contributed by atoms with E-state index in [4.69, 9.17) is 11.5 Å². The van der Waals surface area contributed by atoms with E-state index >= 15 is 0 Å². The van der Waals surface area contributed by atoms with Gasteiger partial charge in [-0.3, -0.25) is 4.79 Å². The average Bonchev–Trinajstić information content (AvgIpc) is 2.12. The van der Waals surface area contributed by atoms with E-state index in [9.17, 15) is 4.79 Å². The van der Waals surface area contributed by atoms with Crippen LogP contribution in [0.4, 0.5) is 5.82 Å².